The normalized spacial score (nSPS) is 10.6. The highest BCUT2D eigenvalue weighted by atomic mass is 35.5. The molecule has 2 heterocycles. The number of ether oxygens (including phenoxy) is 1. The minimum Gasteiger partial charge on any atom is -0.464 e. The van der Waals surface area contributed by atoms with Gasteiger partial charge in [0.05, 0.1) is 10.7 Å². The molecule has 0 unspecified atom stereocenters. The van der Waals surface area contributed by atoms with Gasteiger partial charge in [0.25, 0.3) is 5.69 Å². The average molecular weight is 448 g/mol. The Kier molecular flexibility index (Phi) is 6.48. The summed E-state index contributed by atoms with van der Waals surface area (Å²) in [5.74, 6) is -0.888. The number of nitrogens with zero attached hydrogens (tertiary/aromatic N) is 3. The fraction of sp³-hybridized carbons (Fsp3) is 0.158. The molecule has 3 aromatic rings. The average Bonchev–Trinajstić information content (AvgIpc) is 2.67. The van der Waals surface area contributed by atoms with Gasteiger partial charge in [-0.1, -0.05) is 23.4 Å². The summed E-state index contributed by atoms with van der Waals surface area (Å²) in [6.07, 6.45) is 0.981. The molecule has 0 amide bonds. The lowest BCUT2D eigenvalue weighted by Gasteiger charge is -2.06. The van der Waals surface area contributed by atoms with Crippen LogP contribution in [0.4, 0.5) is 5.69 Å². The molecule has 0 saturated carbocycles. The number of carbonyl (C=O) groups is 1. The fourth-order valence-corrected chi connectivity index (χ4v) is 3.48. The maximum absolute atomic E-state index is 12.3. The molecule has 0 atom stereocenters. The van der Waals surface area contributed by atoms with Crippen molar-refractivity contribution >= 4 is 35.0 Å². The van der Waals surface area contributed by atoms with Crippen LogP contribution in [0, 0.1) is 24.0 Å². The van der Waals surface area contributed by atoms with E-state index >= 15 is 0 Å². The number of benzene rings is 1. The van der Waals surface area contributed by atoms with Gasteiger partial charge in [-0.05, 0) is 32.0 Å². The van der Waals surface area contributed by atoms with E-state index in [1.54, 1.807) is 0 Å². The molecule has 2 aromatic heterocycles. The van der Waals surface area contributed by atoms with Crippen LogP contribution in [0.2, 0.25) is 5.02 Å². The van der Waals surface area contributed by atoms with Crippen LogP contribution in [0.1, 0.15) is 27.5 Å². The summed E-state index contributed by atoms with van der Waals surface area (Å²) in [4.78, 5) is 43.5. The Bertz CT molecular complexity index is 1180. The highest BCUT2D eigenvalue weighted by Gasteiger charge is 2.23. The molecule has 9 nitrogen and oxygen atoms in total. The van der Waals surface area contributed by atoms with Crippen LogP contribution in [-0.4, -0.2) is 20.9 Å². The topological polar surface area (TPSA) is 125 Å². The number of halogens is 1. The molecule has 30 heavy (non-hydrogen) atoms. The number of nitro benzene ring substituents is 1. The molecule has 154 valence electrons. The fourth-order valence-electron chi connectivity index (χ4n) is 2.47. The third-order valence-electron chi connectivity index (χ3n) is 3.74. The molecular weight excluding hydrogens is 434 g/mol. The van der Waals surface area contributed by atoms with Crippen molar-refractivity contribution < 1.29 is 18.9 Å². The van der Waals surface area contributed by atoms with Crippen LogP contribution in [0.3, 0.4) is 0 Å². The Morgan fingerprint density at radius 3 is 2.57 bits per heavy atom. The van der Waals surface area contributed by atoms with Crippen molar-refractivity contribution in [2.75, 3.05) is 0 Å². The molecule has 0 aliphatic heterocycles. The Balaban J connectivity index is 1.74. The number of aryl methyl sites for hydroxylation is 2. The van der Waals surface area contributed by atoms with Crippen LogP contribution in [0.5, 0.6) is 5.75 Å². The van der Waals surface area contributed by atoms with Gasteiger partial charge in [-0.2, -0.15) is 0 Å². The van der Waals surface area contributed by atoms with Crippen LogP contribution in [-0.2, 0) is 5.75 Å². The van der Waals surface area contributed by atoms with E-state index in [4.69, 9.17) is 20.8 Å². The van der Waals surface area contributed by atoms with Crippen molar-refractivity contribution in [3.8, 4) is 5.75 Å². The van der Waals surface area contributed by atoms with E-state index < -0.39 is 27.8 Å². The van der Waals surface area contributed by atoms with Gasteiger partial charge in [0.15, 0.2) is 5.16 Å². The van der Waals surface area contributed by atoms with E-state index in [1.165, 1.54) is 23.9 Å². The molecule has 0 aliphatic carbocycles. The van der Waals surface area contributed by atoms with Gasteiger partial charge in [0.2, 0.25) is 11.2 Å². The summed E-state index contributed by atoms with van der Waals surface area (Å²) in [6, 6.07) is 6.47. The second-order valence-corrected chi connectivity index (χ2v) is 7.48. The van der Waals surface area contributed by atoms with E-state index in [1.807, 2.05) is 19.9 Å². The molecular formula is C19H14ClN3O6S. The predicted molar refractivity (Wildman–Crippen MR) is 109 cm³/mol. The number of aromatic nitrogens is 2. The first-order valence-electron chi connectivity index (χ1n) is 8.46. The lowest BCUT2D eigenvalue weighted by Crippen LogP contribution is -2.16. The zero-order valence-electron chi connectivity index (χ0n) is 15.7. The van der Waals surface area contributed by atoms with Crippen LogP contribution < -0.4 is 10.2 Å². The summed E-state index contributed by atoms with van der Waals surface area (Å²) in [5, 5.41) is 11.7. The van der Waals surface area contributed by atoms with Gasteiger partial charge in [-0.25, -0.2) is 14.8 Å². The summed E-state index contributed by atoms with van der Waals surface area (Å²) in [7, 11) is 0. The minimum absolute atomic E-state index is 0.112. The molecule has 0 bridgehead atoms. The molecule has 0 N–H and O–H groups in total. The van der Waals surface area contributed by atoms with Gasteiger partial charge in [-0.15, -0.1) is 0 Å². The van der Waals surface area contributed by atoms with E-state index in [-0.39, 0.29) is 16.3 Å². The smallest absolute Gasteiger partial charge is 0.350 e. The standard InChI is InChI=1S/C19H14ClN3O6S/c1-10-5-11(2)22-19(21-10)30-9-13-7-16(24)17(8-28-13)29-18(25)14-6-12(20)3-4-15(14)23(26)27/h3-8H,9H2,1-2H3. The number of esters is 1. The van der Waals surface area contributed by atoms with E-state index in [0.29, 0.717) is 10.9 Å². The van der Waals surface area contributed by atoms with E-state index in [2.05, 4.69) is 9.97 Å². The highest BCUT2D eigenvalue weighted by molar-refractivity contribution is 7.98. The maximum atomic E-state index is 12.3. The largest absolute Gasteiger partial charge is 0.464 e. The van der Waals surface area contributed by atoms with Crippen LogP contribution >= 0.6 is 23.4 Å². The number of hydrogen-bond donors (Lipinski definition) is 0. The van der Waals surface area contributed by atoms with Crippen LogP contribution in [0.25, 0.3) is 0 Å². The van der Waals surface area contributed by atoms with Crippen molar-refractivity contribution in [2.24, 2.45) is 0 Å². The lowest BCUT2D eigenvalue weighted by molar-refractivity contribution is -0.385. The lowest BCUT2D eigenvalue weighted by atomic mass is 10.2. The van der Waals surface area contributed by atoms with Crippen LogP contribution in [0.15, 0.2) is 51.0 Å². The summed E-state index contributed by atoms with van der Waals surface area (Å²) < 4.78 is 10.3. The molecule has 0 radical (unpaired) electrons. The minimum atomic E-state index is -1.10. The summed E-state index contributed by atoms with van der Waals surface area (Å²) in [5.41, 5.74) is 0.164. The third kappa shape index (κ3) is 5.22. The van der Waals surface area contributed by atoms with Crippen molar-refractivity contribution in [2.45, 2.75) is 24.8 Å². The zero-order chi connectivity index (χ0) is 21.8. The quantitative estimate of drug-likeness (QED) is 0.180. The first-order chi connectivity index (χ1) is 14.2. The predicted octanol–water partition coefficient (Wildman–Crippen LogP) is 4.12. The third-order valence-corrected chi connectivity index (χ3v) is 4.84. The van der Waals surface area contributed by atoms with Gasteiger partial charge >= 0.3 is 5.97 Å². The van der Waals surface area contributed by atoms with Gasteiger partial charge in [-0.3, -0.25) is 14.9 Å². The van der Waals surface area contributed by atoms with Crippen molar-refractivity contribution in [3.63, 3.8) is 0 Å². The first-order valence-corrected chi connectivity index (χ1v) is 9.82. The second-order valence-electron chi connectivity index (χ2n) is 6.10. The molecule has 0 saturated heterocycles. The summed E-state index contributed by atoms with van der Waals surface area (Å²) >= 11 is 7.08. The molecule has 0 spiro atoms. The number of rotatable bonds is 6. The zero-order valence-corrected chi connectivity index (χ0v) is 17.3. The van der Waals surface area contributed by atoms with E-state index in [0.717, 1.165) is 29.8 Å². The van der Waals surface area contributed by atoms with Gasteiger partial charge < -0.3 is 9.15 Å². The number of thioether (sulfide) groups is 1. The Hall–Kier alpha value is -3.24. The molecule has 0 aliphatic rings. The first kappa shape index (κ1) is 21.5. The Labute approximate surface area is 179 Å². The van der Waals surface area contributed by atoms with E-state index in [9.17, 15) is 19.7 Å². The number of nitro groups is 1. The Morgan fingerprint density at radius 1 is 1.23 bits per heavy atom. The van der Waals surface area contributed by atoms with Gasteiger partial charge in [0, 0.05) is 28.5 Å². The Morgan fingerprint density at radius 2 is 1.93 bits per heavy atom. The molecule has 3 rings (SSSR count). The monoisotopic (exact) mass is 447 g/mol. The highest BCUT2D eigenvalue weighted by Crippen LogP contribution is 2.24. The molecule has 11 heteroatoms. The molecule has 0 fully saturated rings. The number of hydrogen-bond acceptors (Lipinski definition) is 9. The van der Waals surface area contributed by atoms with Crippen molar-refractivity contribution in [1.82, 2.24) is 9.97 Å². The maximum Gasteiger partial charge on any atom is 0.350 e. The van der Waals surface area contributed by atoms with Crippen molar-refractivity contribution in [3.05, 3.63) is 84.7 Å². The SMILES string of the molecule is Cc1cc(C)nc(SCc2cc(=O)c(OC(=O)c3cc(Cl)ccc3[N+](=O)[O-])co2)n1. The molecule has 1 aromatic carbocycles. The summed E-state index contributed by atoms with van der Waals surface area (Å²) in [6.45, 7) is 3.71. The number of carbonyl (C=O) groups excluding carboxylic acids is 1. The second kappa shape index (κ2) is 9.06. The van der Waals surface area contributed by atoms with Crippen molar-refractivity contribution in [1.29, 1.82) is 0 Å². The van der Waals surface area contributed by atoms with Gasteiger partial charge in [0.1, 0.15) is 17.6 Å².